The first-order chi connectivity index (χ1) is 7.38. The van der Waals surface area contributed by atoms with Crippen molar-refractivity contribution >= 4 is 5.91 Å². The molecule has 0 heterocycles. The van der Waals surface area contributed by atoms with Gasteiger partial charge in [-0.1, -0.05) is 13.3 Å². The second-order valence-electron chi connectivity index (χ2n) is 5.66. The standard InChI is InChI=1S/C13H26N2O/c1-5-8-13(4,14)12(16)15(10(2)3)9-11-6-7-11/h10-11H,5-9,14H2,1-4H3. The highest BCUT2D eigenvalue weighted by molar-refractivity contribution is 5.85. The number of nitrogens with two attached hydrogens (primary N) is 1. The predicted octanol–water partition coefficient (Wildman–Crippen LogP) is 2.15. The van der Waals surface area contributed by atoms with Crippen molar-refractivity contribution in [2.45, 2.75) is 65.0 Å². The molecule has 3 nitrogen and oxygen atoms in total. The third-order valence-corrected chi connectivity index (χ3v) is 3.29. The largest absolute Gasteiger partial charge is 0.338 e. The molecule has 94 valence electrons. The van der Waals surface area contributed by atoms with Gasteiger partial charge in [-0.2, -0.15) is 0 Å². The van der Waals surface area contributed by atoms with Gasteiger partial charge in [0.25, 0.3) is 0 Å². The Morgan fingerprint density at radius 2 is 2.06 bits per heavy atom. The lowest BCUT2D eigenvalue weighted by Crippen LogP contribution is -2.55. The van der Waals surface area contributed by atoms with Gasteiger partial charge >= 0.3 is 0 Å². The normalized spacial score (nSPS) is 19.6. The van der Waals surface area contributed by atoms with Gasteiger partial charge in [0.1, 0.15) is 0 Å². The number of carbonyl (C=O) groups is 1. The van der Waals surface area contributed by atoms with Gasteiger partial charge in [0, 0.05) is 12.6 Å². The lowest BCUT2D eigenvalue weighted by Gasteiger charge is -2.34. The number of hydrogen-bond acceptors (Lipinski definition) is 2. The van der Waals surface area contributed by atoms with Crippen molar-refractivity contribution in [3.05, 3.63) is 0 Å². The molecule has 1 atom stereocenters. The second kappa shape index (κ2) is 5.17. The van der Waals surface area contributed by atoms with E-state index in [0.29, 0.717) is 0 Å². The zero-order valence-electron chi connectivity index (χ0n) is 11.1. The fourth-order valence-electron chi connectivity index (χ4n) is 2.06. The maximum absolute atomic E-state index is 12.4. The molecular weight excluding hydrogens is 200 g/mol. The number of carbonyl (C=O) groups excluding carboxylic acids is 1. The van der Waals surface area contributed by atoms with Gasteiger partial charge in [0.05, 0.1) is 5.54 Å². The van der Waals surface area contributed by atoms with Crippen LogP contribution in [0.1, 0.15) is 53.4 Å². The van der Waals surface area contributed by atoms with E-state index in [-0.39, 0.29) is 11.9 Å². The molecule has 0 spiro atoms. The van der Waals surface area contributed by atoms with Crippen LogP contribution in [0.2, 0.25) is 0 Å². The molecule has 0 radical (unpaired) electrons. The maximum Gasteiger partial charge on any atom is 0.242 e. The number of amides is 1. The van der Waals surface area contributed by atoms with Crippen LogP contribution >= 0.6 is 0 Å². The van der Waals surface area contributed by atoms with Crippen LogP contribution < -0.4 is 5.73 Å². The van der Waals surface area contributed by atoms with E-state index in [2.05, 4.69) is 20.8 Å². The van der Waals surface area contributed by atoms with Crippen molar-refractivity contribution in [2.75, 3.05) is 6.54 Å². The highest BCUT2D eigenvalue weighted by Gasteiger charge is 2.35. The molecule has 0 aromatic rings. The summed E-state index contributed by atoms with van der Waals surface area (Å²) in [5.74, 6) is 0.847. The van der Waals surface area contributed by atoms with Crippen LogP contribution in [0.3, 0.4) is 0 Å². The molecule has 1 aliphatic carbocycles. The van der Waals surface area contributed by atoms with Crippen LogP contribution in [0, 0.1) is 5.92 Å². The van der Waals surface area contributed by atoms with Gasteiger partial charge in [-0.05, 0) is 46.0 Å². The SMILES string of the molecule is CCCC(C)(N)C(=O)N(CC1CC1)C(C)C. The third-order valence-electron chi connectivity index (χ3n) is 3.29. The summed E-state index contributed by atoms with van der Waals surface area (Å²) in [5, 5.41) is 0. The summed E-state index contributed by atoms with van der Waals surface area (Å²) in [4.78, 5) is 14.3. The molecule has 0 bridgehead atoms. The van der Waals surface area contributed by atoms with Crippen molar-refractivity contribution in [1.29, 1.82) is 0 Å². The van der Waals surface area contributed by atoms with Crippen LogP contribution in [0.25, 0.3) is 0 Å². The van der Waals surface area contributed by atoms with Gasteiger partial charge in [0.2, 0.25) is 5.91 Å². The first-order valence-electron chi connectivity index (χ1n) is 6.48. The van der Waals surface area contributed by atoms with Gasteiger partial charge in [0.15, 0.2) is 0 Å². The molecule has 0 aliphatic heterocycles. The second-order valence-corrected chi connectivity index (χ2v) is 5.66. The van der Waals surface area contributed by atoms with Crippen molar-refractivity contribution < 1.29 is 4.79 Å². The minimum atomic E-state index is -0.687. The Labute approximate surface area is 99.4 Å². The van der Waals surface area contributed by atoms with Gasteiger partial charge < -0.3 is 10.6 Å². The summed E-state index contributed by atoms with van der Waals surface area (Å²) in [7, 11) is 0. The van der Waals surface area contributed by atoms with Crippen molar-refractivity contribution in [2.24, 2.45) is 11.7 Å². The van der Waals surface area contributed by atoms with E-state index in [4.69, 9.17) is 5.73 Å². The average molecular weight is 226 g/mol. The Morgan fingerprint density at radius 3 is 2.44 bits per heavy atom. The molecule has 1 rings (SSSR count). The van der Waals surface area contributed by atoms with Gasteiger partial charge in [-0.15, -0.1) is 0 Å². The molecule has 1 unspecified atom stereocenters. The maximum atomic E-state index is 12.4. The summed E-state index contributed by atoms with van der Waals surface area (Å²) in [6.45, 7) is 8.97. The Hall–Kier alpha value is -0.570. The topological polar surface area (TPSA) is 46.3 Å². The van der Waals surface area contributed by atoms with E-state index in [1.54, 1.807) is 0 Å². The zero-order valence-corrected chi connectivity index (χ0v) is 11.1. The van der Waals surface area contributed by atoms with Crippen molar-refractivity contribution in [1.82, 2.24) is 4.90 Å². The Morgan fingerprint density at radius 1 is 1.50 bits per heavy atom. The quantitative estimate of drug-likeness (QED) is 0.754. The van der Waals surface area contributed by atoms with Gasteiger partial charge in [-0.3, -0.25) is 4.79 Å². The smallest absolute Gasteiger partial charge is 0.242 e. The van der Waals surface area contributed by atoms with Crippen LogP contribution in [-0.4, -0.2) is 28.9 Å². The number of rotatable bonds is 6. The van der Waals surface area contributed by atoms with Crippen LogP contribution in [-0.2, 0) is 4.79 Å². The molecule has 0 aromatic heterocycles. The molecule has 1 amide bonds. The molecule has 0 saturated heterocycles. The summed E-state index contributed by atoms with van der Waals surface area (Å²) in [6.07, 6.45) is 4.25. The van der Waals surface area contributed by atoms with Crippen LogP contribution in [0.5, 0.6) is 0 Å². The minimum Gasteiger partial charge on any atom is -0.338 e. The first-order valence-corrected chi connectivity index (χ1v) is 6.48. The molecule has 3 heteroatoms. The number of hydrogen-bond donors (Lipinski definition) is 1. The Bertz CT molecular complexity index is 244. The summed E-state index contributed by atoms with van der Waals surface area (Å²) in [6, 6.07) is 0.257. The summed E-state index contributed by atoms with van der Waals surface area (Å²) < 4.78 is 0. The molecule has 2 N–H and O–H groups in total. The van der Waals surface area contributed by atoms with E-state index >= 15 is 0 Å². The summed E-state index contributed by atoms with van der Waals surface area (Å²) >= 11 is 0. The van der Waals surface area contributed by atoms with Gasteiger partial charge in [-0.25, -0.2) is 0 Å². The third kappa shape index (κ3) is 3.48. The molecule has 1 aliphatic rings. The van der Waals surface area contributed by atoms with E-state index in [0.717, 1.165) is 25.3 Å². The zero-order chi connectivity index (χ0) is 12.3. The number of nitrogens with zero attached hydrogens (tertiary/aromatic N) is 1. The minimum absolute atomic E-state index is 0.122. The first kappa shape index (κ1) is 13.5. The molecule has 0 aromatic carbocycles. The summed E-state index contributed by atoms with van der Waals surface area (Å²) in [5.41, 5.74) is 5.43. The average Bonchev–Trinajstić information content (AvgIpc) is 2.96. The van der Waals surface area contributed by atoms with Crippen molar-refractivity contribution in [3.63, 3.8) is 0 Å². The molecule has 1 fully saturated rings. The van der Waals surface area contributed by atoms with E-state index in [1.165, 1.54) is 12.8 Å². The van der Waals surface area contributed by atoms with E-state index in [9.17, 15) is 4.79 Å². The fourth-order valence-corrected chi connectivity index (χ4v) is 2.06. The highest BCUT2D eigenvalue weighted by Crippen LogP contribution is 2.31. The lowest BCUT2D eigenvalue weighted by atomic mass is 9.95. The van der Waals surface area contributed by atoms with Crippen LogP contribution in [0.4, 0.5) is 0 Å². The van der Waals surface area contributed by atoms with E-state index in [1.807, 2.05) is 11.8 Å². The monoisotopic (exact) mass is 226 g/mol. The molecule has 1 saturated carbocycles. The van der Waals surface area contributed by atoms with E-state index < -0.39 is 5.54 Å². The Kier molecular flexibility index (Phi) is 4.36. The Balaban J connectivity index is 2.64. The van der Waals surface area contributed by atoms with Crippen molar-refractivity contribution in [3.8, 4) is 0 Å². The van der Waals surface area contributed by atoms with Crippen LogP contribution in [0.15, 0.2) is 0 Å². The lowest BCUT2D eigenvalue weighted by molar-refractivity contribution is -0.138. The predicted molar refractivity (Wildman–Crippen MR) is 67.1 cm³/mol. The molecule has 16 heavy (non-hydrogen) atoms. The fraction of sp³-hybridized carbons (Fsp3) is 0.923. The molecular formula is C13H26N2O. The highest BCUT2D eigenvalue weighted by atomic mass is 16.2.